The Bertz CT molecular complexity index is 387. The lowest BCUT2D eigenvalue weighted by atomic mass is 9.78. The molecular weight excluding hydrogens is 230 g/mol. The molecule has 2 aliphatic carbocycles. The Morgan fingerprint density at radius 1 is 1.05 bits per heavy atom. The van der Waals surface area contributed by atoms with E-state index in [2.05, 4.69) is 36.5 Å². The van der Waals surface area contributed by atoms with Crippen LogP contribution in [0.15, 0.2) is 24.3 Å². The normalized spacial score (nSPS) is 21.7. The first-order valence-corrected chi connectivity index (χ1v) is 8.20. The molecule has 104 valence electrons. The van der Waals surface area contributed by atoms with E-state index in [1.54, 1.807) is 5.56 Å². The molecule has 1 atom stereocenters. The fourth-order valence-corrected chi connectivity index (χ4v) is 3.39. The Morgan fingerprint density at radius 3 is 2.21 bits per heavy atom. The summed E-state index contributed by atoms with van der Waals surface area (Å²) in [5.41, 5.74) is 3.06. The van der Waals surface area contributed by atoms with Gasteiger partial charge in [0.05, 0.1) is 0 Å². The lowest BCUT2D eigenvalue weighted by Crippen LogP contribution is -2.26. The number of nitrogens with one attached hydrogen (secondary N) is 1. The van der Waals surface area contributed by atoms with Crippen molar-refractivity contribution < 1.29 is 0 Å². The molecule has 1 aromatic rings. The maximum absolute atomic E-state index is 3.67. The summed E-state index contributed by atoms with van der Waals surface area (Å²) >= 11 is 0. The third-order valence-corrected chi connectivity index (χ3v) is 5.16. The summed E-state index contributed by atoms with van der Waals surface area (Å²) in [6, 6.07) is 10.1. The summed E-state index contributed by atoms with van der Waals surface area (Å²) in [6.07, 6.45) is 9.90. The van der Waals surface area contributed by atoms with Gasteiger partial charge in [0.2, 0.25) is 0 Å². The van der Waals surface area contributed by atoms with E-state index in [0.717, 1.165) is 18.4 Å². The van der Waals surface area contributed by atoms with Crippen molar-refractivity contribution in [3.8, 4) is 0 Å². The van der Waals surface area contributed by atoms with Crippen molar-refractivity contribution in [3.63, 3.8) is 0 Å². The molecular formula is C18H27N. The highest BCUT2D eigenvalue weighted by Gasteiger charge is 2.23. The molecule has 0 radical (unpaired) electrons. The summed E-state index contributed by atoms with van der Waals surface area (Å²) in [6.45, 7) is 3.29. The highest BCUT2D eigenvalue weighted by Crippen LogP contribution is 2.38. The number of rotatable bonds is 6. The van der Waals surface area contributed by atoms with E-state index >= 15 is 0 Å². The molecule has 3 rings (SSSR count). The first-order chi connectivity index (χ1) is 9.36. The first kappa shape index (κ1) is 13.2. The van der Waals surface area contributed by atoms with Gasteiger partial charge in [-0.15, -0.1) is 0 Å². The van der Waals surface area contributed by atoms with Gasteiger partial charge in [-0.3, -0.25) is 0 Å². The van der Waals surface area contributed by atoms with Crippen molar-refractivity contribution in [1.29, 1.82) is 0 Å². The second-order valence-electron chi connectivity index (χ2n) is 6.44. The fourth-order valence-electron chi connectivity index (χ4n) is 3.39. The van der Waals surface area contributed by atoms with Gasteiger partial charge in [-0.1, -0.05) is 56.9 Å². The van der Waals surface area contributed by atoms with Crippen molar-refractivity contribution >= 4 is 0 Å². The Balaban J connectivity index is 1.65. The molecule has 0 amide bonds. The van der Waals surface area contributed by atoms with Crippen LogP contribution in [0.1, 0.15) is 75.0 Å². The van der Waals surface area contributed by atoms with E-state index in [9.17, 15) is 0 Å². The van der Waals surface area contributed by atoms with Gasteiger partial charge < -0.3 is 5.32 Å². The minimum Gasteiger partial charge on any atom is -0.310 e. The van der Waals surface area contributed by atoms with Crippen LogP contribution in [0, 0.1) is 5.92 Å². The van der Waals surface area contributed by atoms with Gasteiger partial charge >= 0.3 is 0 Å². The van der Waals surface area contributed by atoms with Crippen LogP contribution in [0.3, 0.4) is 0 Å². The Hall–Kier alpha value is -0.820. The van der Waals surface area contributed by atoms with Gasteiger partial charge in [0.1, 0.15) is 0 Å². The Labute approximate surface area is 117 Å². The van der Waals surface area contributed by atoms with Crippen LogP contribution in [-0.2, 0) is 0 Å². The molecule has 0 aliphatic heterocycles. The average Bonchev–Trinajstić information content (AvgIpc) is 2.31. The van der Waals surface area contributed by atoms with E-state index < -0.39 is 0 Å². The molecule has 1 unspecified atom stereocenters. The molecule has 2 saturated carbocycles. The zero-order valence-electron chi connectivity index (χ0n) is 12.2. The molecule has 2 aliphatic rings. The Morgan fingerprint density at radius 2 is 1.74 bits per heavy atom. The minimum absolute atomic E-state index is 0.575. The monoisotopic (exact) mass is 257 g/mol. The maximum Gasteiger partial charge on any atom is 0.0322 e. The maximum atomic E-state index is 3.67. The molecule has 1 N–H and O–H groups in total. The second-order valence-corrected chi connectivity index (χ2v) is 6.44. The molecule has 0 bridgehead atoms. The summed E-state index contributed by atoms with van der Waals surface area (Å²) in [5, 5.41) is 3.67. The molecule has 0 aromatic heterocycles. The summed E-state index contributed by atoms with van der Waals surface area (Å²) in [7, 11) is 0. The molecule has 1 aromatic carbocycles. The SMILES string of the molecule is CCNC(CC1CCC1)c1ccc(C2CCC2)cc1. The van der Waals surface area contributed by atoms with Crippen LogP contribution in [0.2, 0.25) is 0 Å². The summed E-state index contributed by atoms with van der Waals surface area (Å²) in [4.78, 5) is 0. The largest absolute Gasteiger partial charge is 0.310 e. The van der Waals surface area contributed by atoms with Crippen LogP contribution in [0.5, 0.6) is 0 Å². The lowest BCUT2D eigenvalue weighted by Gasteiger charge is -2.31. The average molecular weight is 257 g/mol. The fraction of sp³-hybridized carbons (Fsp3) is 0.667. The molecule has 0 heterocycles. The molecule has 1 nitrogen and oxygen atoms in total. The molecule has 1 heteroatoms. The van der Waals surface area contributed by atoms with E-state index in [1.807, 2.05) is 0 Å². The smallest absolute Gasteiger partial charge is 0.0322 e. The minimum atomic E-state index is 0.575. The van der Waals surface area contributed by atoms with E-state index in [4.69, 9.17) is 0 Å². The summed E-state index contributed by atoms with van der Waals surface area (Å²) in [5.74, 6) is 1.83. The molecule has 0 spiro atoms. The zero-order valence-corrected chi connectivity index (χ0v) is 12.2. The van der Waals surface area contributed by atoms with E-state index in [0.29, 0.717) is 6.04 Å². The molecule has 2 fully saturated rings. The van der Waals surface area contributed by atoms with Crippen molar-refractivity contribution in [1.82, 2.24) is 5.32 Å². The predicted molar refractivity (Wildman–Crippen MR) is 81.4 cm³/mol. The topological polar surface area (TPSA) is 12.0 Å². The lowest BCUT2D eigenvalue weighted by molar-refractivity contribution is 0.262. The molecule has 0 saturated heterocycles. The zero-order chi connectivity index (χ0) is 13.1. The van der Waals surface area contributed by atoms with Crippen molar-refractivity contribution in [2.75, 3.05) is 6.54 Å². The quantitative estimate of drug-likeness (QED) is 0.772. The van der Waals surface area contributed by atoms with Crippen molar-refractivity contribution in [2.24, 2.45) is 5.92 Å². The third kappa shape index (κ3) is 3.02. The van der Waals surface area contributed by atoms with Gasteiger partial charge in [0.15, 0.2) is 0 Å². The third-order valence-electron chi connectivity index (χ3n) is 5.16. The van der Waals surface area contributed by atoms with Crippen LogP contribution >= 0.6 is 0 Å². The van der Waals surface area contributed by atoms with Crippen LogP contribution in [-0.4, -0.2) is 6.54 Å². The van der Waals surface area contributed by atoms with Gasteiger partial charge in [-0.05, 0) is 48.8 Å². The predicted octanol–water partition coefficient (Wildman–Crippen LogP) is 4.79. The van der Waals surface area contributed by atoms with Gasteiger partial charge in [0.25, 0.3) is 0 Å². The van der Waals surface area contributed by atoms with Crippen LogP contribution < -0.4 is 5.32 Å². The first-order valence-electron chi connectivity index (χ1n) is 8.20. The Kier molecular flexibility index (Phi) is 4.22. The van der Waals surface area contributed by atoms with Crippen molar-refractivity contribution in [3.05, 3.63) is 35.4 Å². The van der Waals surface area contributed by atoms with Gasteiger partial charge in [0, 0.05) is 6.04 Å². The standard InChI is InChI=1S/C18H27N/c1-2-19-18(13-14-5-3-6-14)17-11-9-16(10-12-17)15-7-4-8-15/h9-12,14-15,18-19H,2-8,13H2,1H3. The highest BCUT2D eigenvalue weighted by molar-refractivity contribution is 5.28. The van der Waals surface area contributed by atoms with Crippen molar-refractivity contribution in [2.45, 2.75) is 63.8 Å². The van der Waals surface area contributed by atoms with Crippen LogP contribution in [0.25, 0.3) is 0 Å². The number of benzene rings is 1. The second kappa shape index (κ2) is 6.09. The van der Waals surface area contributed by atoms with E-state index in [-0.39, 0.29) is 0 Å². The van der Waals surface area contributed by atoms with Gasteiger partial charge in [-0.25, -0.2) is 0 Å². The van der Waals surface area contributed by atoms with Gasteiger partial charge in [-0.2, -0.15) is 0 Å². The number of hydrogen-bond donors (Lipinski definition) is 1. The highest BCUT2D eigenvalue weighted by atomic mass is 14.9. The van der Waals surface area contributed by atoms with E-state index in [1.165, 1.54) is 50.5 Å². The van der Waals surface area contributed by atoms with Crippen LogP contribution in [0.4, 0.5) is 0 Å². The number of hydrogen-bond acceptors (Lipinski definition) is 1. The summed E-state index contributed by atoms with van der Waals surface area (Å²) < 4.78 is 0. The molecule has 19 heavy (non-hydrogen) atoms.